The number of hydrogen-bond acceptors (Lipinski definition) is 6. The predicted octanol–water partition coefficient (Wildman–Crippen LogP) is 1.50. The molecule has 0 fully saturated rings. The van der Waals surface area contributed by atoms with Gasteiger partial charge in [0, 0.05) is 0 Å². The molecule has 0 unspecified atom stereocenters. The van der Waals surface area contributed by atoms with E-state index in [-0.39, 0.29) is 0 Å². The molecule has 23 heavy (non-hydrogen) atoms. The number of hydrogen-bond donors (Lipinski definition) is 3. The van der Waals surface area contributed by atoms with Gasteiger partial charge in [-0.25, -0.2) is 20.0 Å². The number of hydrazine groups is 1. The third kappa shape index (κ3) is 11.2. The highest BCUT2D eigenvalue weighted by Gasteiger charge is 2.28. The van der Waals surface area contributed by atoms with Crippen LogP contribution in [0.3, 0.4) is 0 Å². The van der Waals surface area contributed by atoms with Crippen molar-refractivity contribution in [3.05, 3.63) is 0 Å². The highest BCUT2D eigenvalue weighted by atomic mass is 16.6. The SMILES string of the molecule is CC(C)(C)OC(=O)NN(C[C@H](O)CC(=O)O)C(=O)OC(C)(C)C. The number of nitrogens with zero attached hydrogens (tertiary/aromatic N) is 1. The lowest BCUT2D eigenvalue weighted by molar-refractivity contribution is -0.139. The molecule has 9 heteroatoms. The maximum Gasteiger partial charge on any atom is 0.429 e. The Balaban J connectivity index is 4.95. The van der Waals surface area contributed by atoms with Crippen molar-refractivity contribution in [1.29, 1.82) is 0 Å². The van der Waals surface area contributed by atoms with E-state index >= 15 is 0 Å². The number of aliphatic carboxylic acids is 1. The molecule has 0 bridgehead atoms. The second-order valence-corrected chi connectivity index (χ2v) is 6.96. The lowest BCUT2D eigenvalue weighted by Gasteiger charge is -2.29. The maximum atomic E-state index is 12.1. The summed E-state index contributed by atoms with van der Waals surface area (Å²) in [7, 11) is 0. The number of carbonyl (C=O) groups excluding carboxylic acids is 2. The quantitative estimate of drug-likeness (QED) is 0.665. The number of rotatable bonds is 4. The second kappa shape index (κ2) is 8.00. The average Bonchev–Trinajstić information content (AvgIpc) is 2.21. The molecule has 0 saturated heterocycles. The largest absolute Gasteiger partial charge is 0.481 e. The van der Waals surface area contributed by atoms with E-state index in [0.29, 0.717) is 5.01 Å². The number of carboxylic acid groups (broad SMARTS) is 1. The molecule has 0 rings (SSSR count). The van der Waals surface area contributed by atoms with E-state index in [2.05, 4.69) is 5.43 Å². The second-order valence-electron chi connectivity index (χ2n) is 6.96. The zero-order valence-corrected chi connectivity index (χ0v) is 14.4. The fourth-order valence-electron chi connectivity index (χ4n) is 1.37. The topological polar surface area (TPSA) is 125 Å². The number of aliphatic hydroxyl groups excluding tert-OH is 1. The lowest BCUT2D eigenvalue weighted by atomic mass is 10.2. The fourth-order valence-corrected chi connectivity index (χ4v) is 1.37. The molecule has 0 radical (unpaired) electrons. The Kier molecular flexibility index (Phi) is 7.29. The minimum atomic E-state index is -1.38. The molecule has 0 aliphatic carbocycles. The van der Waals surface area contributed by atoms with Crippen molar-refractivity contribution in [2.75, 3.05) is 6.54 Å². The van der Waals surface area contributed by atoms with Crippen molar-refractivity contribution in [2.24, 2.45) is 0 Å². The van der Waals surface area contributed by atoms with E-state index in [4.69, 9.17) is 14.6 Å². The number of nitrogens with one attached hydrogen (secondary N) is 1. The van der Waals surface area contributed by atoms with Crippen molar-refractivity contribution >= 4 is 18.2 Å². The molecule has 0 aromatic rings. The molecule has 2 amide bonds. The Morgan fingerprint density at radius 3 is 1.91 bits per heavy atom. The Labute approximate surface area is 135 Å². The number of ether oxygens (including phenoxy) is 2. The van der Waals surface area contributed by atoms with Gasteiger partial charge in [-0.2, -0.15) is 0 Å². The Morgan fingerprint density at radius 1 is 1.04 bits per heavy atom. The lowest BCUT2D eigenvalue weighted by Crippen LogP contribution is -2.52. The Morgan fingerprint density at radius 2 is 1.52 bits per heavy atom. The number of aliphatic hydroxyl groups is 1. The van der Waals surface area contributed by atoms with Gasteiger partial charge in [-0.3, -0.25) is 4.79 Å². The normalized spacial score (nSPS) is 13.0. The van der Waals surface area contributed by atoms with Crippen LogP contribution < -0.4 is 5.43 Å². The summed E-state index contributed by atoms with van der Waals surface area (Å²) in [5.74, 6) is -1.24. The van der Waals surface area contributed by atoms with Crippen LogP contribution in [0.25, 0.3) is 0 Å². The van der Waals surface area contributed by atoms with Gasteiger partial charge < -0.3 is 19.7 Å². The van der Waals surface area contributed by atoms with Crippen molar-refractivity contribution in [2.45, 2.75) is 65.3 Å². The molecule has 0 aromatic heterocycles. The third-order valence-electron chi connectivity index (χ3n) is 2.04. The highest BCUT2D eigenvalue weighted by Crippen LogP contribution is 2.11. The summed E-state index contributed by atoms with van der Waals surface area (Å²) in [5, 5.41) is 19.0. The van der Waals surface area contributed by atoms with Crippen LogP contribution in [0.1, 0.15) is 48.0 Å². The van der Waals surface area contributed by atoms with Gasteiger partial charge in [0.15, 0.2) is 0 Å². The summed E-state index contributed by atoms with van der Waals surface area (Å²) in [6, 6.07) is 0. The van der Waals surface area contributed by atoms with E-state index in [1.807, 2.05) is 0 Å². The highest BCUT2D eigenvalue weighted by molar-refractivity contribution is 5.74. The van der Waals surface area contributed by atoms with Gasteiger partial charge in [-0.1, -0.05) is 0 Å². The van der Waals surface area contributed by atoms with Crippen LogP contribution in [-0.2, 0) is 14.3 Å². The van der Waals surface area contributed by atoms with Crippen molar-refractivity contribution in [3.63, 3.8) is 0 Å². The standard InChI is InChI=1S/C14H26N2O7/c1-13(2,3)22-11(20)15-16(8-9(17)7-10(18)19)12(21)23-14(4,5)6/h9,17H,7-8H2,1-6H3,(H,15,20)(H,18,19)/t9-/m1/s1. The summed E-state index contributed by atoms with van der Waals surface area (Å²) in [5.41, 5.74) is 0.526. The predicted molar refractivity (Wildman–Crippen MR) is 80.6 cm³/mol. The molecule has 9 nitrogen and oxygen atoms in total. The molecular weight excluding hydrogens is 308 g/mol. The minimum Gasteiger partial charge on any atom is -0.481 e. The molecule has 0 spiro atoms. The first-order valence-electron chi connectivity index (χ1n) is 7.09. The number of carboxylic acids is 1. The fraction of sp³-hybridized carbons (Fsp3) is 0.786. The molecule has 134 valence electrons. The Hall–Kier alpha value is -2.03. The monoisotopic (exact) mass is 334 g/mol. The molecule has 0 saturated carbocycles. The average molecular weight is 334 g/mol. The van der Waals surface area contributed by atoms with Crippen LogP contribution in [0.15, 0.2) is 0 Å². The molecule has 3 N–H and O–H groups in total. The van der Waals surface area contributed by atoms with Crippen LogP contribution in [0, 0.1) is 0 Å². The van der Waals surface area contributed by atoms with E-state index in [9.17, 15) is 19.5 Å². The summed E-state index contributed by atoms with van der Waals surface area (Å²) in [6.07, 6.45) is -3.83. The van der Waals surface area contributed by atoms with Crippen LogP contribution in [0.4, 0.5) is 9.59 Å². The van der Waals surface area contributed by atoms with Crippen LogP contribution in [-0.4, -0.2) is 57.2 Å². The number of amides is 2. The molecular formula is C14H26N2O7. The summed E-state index contributed by atoms with van der Waals surface area (Å²) >= 11 is 0. The van der Waals surface area contributed by atoms with Crippen LogP contribution in [0.5, 0.6) is 0 Å². The van der Waals surface area contributed by atoms with Crippen molar-refractivity contribution in [3.8, 4) is 0 Å². The van der Waals surface area contributed by atoms with Gasteiger partial charge >= 0.3 is 18.2 Å². The smallest absolute Gasteiger partial charge is 0.429 e. The summed E-state index contributed by atoms with van der Waals surface area (Å²) in [4.78, 5) is 34.4. The molecule has 1 atom stereocenters. The zero-order chi connectivity index (χ0) is 18.4. The zero-order valence-electron chi connectivity index (χ0n) is 14.4. The van der Waals surface area contributed by atoms with E-state index in [1.54, 1.807) is 41.5 Å². The first-order chi connectivity index (χ1) is 10.2. The van der Waals surface area contributed by atoms with E-state index in [1.165, 1.54) is 0 Å². The summed E-state index contributed by atoms with van der Waals surface area (Å²) < 4.78 is 10.1. The van der Waals surface area contributed by atoms with Crippen molar-refractivity contribution < 1.29 is 34.1 Å². The maximum absolute atomic E-state index is 12.1. The van der Waals surface area contributed by atoms with Gasteiger partial charge in [0.2, 0.25) is 0 Å². The summed E-state index contributed by atoms with van der Waals surface area (Å²) in [6.45, 7) is 9.36. The van der Waals surface area contributed by atoms with E-state index < -0.39 is 48.4 Å². The van der Waals surface area contributed by atoms with Crippen LogP contribution in [0.2, 0.25) is 0 Å². The van der Waals surface area contributed by atoms with Crippen LogP contribution >= 0.6 is 0 Å². The first-order valence-corrected chi connectivity index (χ1v) is 7.09. The van der Waals surface area contributed by atoms with E-state index in [0.717, 1.165) is 0 Å². The molecule has 0 heterocycles. The van der Waals surface area contributed by atoms with Gasteiger partial charge in [-0.15, -0.1) is 0 Å². The van der Waals surface area contributed by atoms with Gasteiger partial charge in [0.05, 0.1) is 19.1 Å². The number of carbonyl (C=O) groups is 3. The first kappa shape index (κ1) is 21.0. The van der Waals surface area contributed by atoms with Gasteiger partial charge in [-0.05, 0) is 41.5 Å². The van der Waals surface area contributed by atoms with Crippen molar-refractivity contribution in [1.82, 2.24) is 10.4 Å². The van der Waals surface area contributed by atoms with Gasteiger partial charge in [0.25, 0.3) is 0 Å². The molecule has 0 aromatic carbocycles. The van der Waals surface area contributed by atoms with Gasteiger partial charge in [0.1, 0.15) is 11.2 Å². The molecule has 0 aliphatic heterocycles. The molecule has 0 aliphatic rings. The third-order valence-corrected chi connectivity index (χ3v) is 2.04. The Bertz CT molecular complexity index is 437. The minimum absolute atomic E-state index is 0.458.